The largest absolute Gasteiger partial charge is 0.309 e. The molecule has 142 valence electrons. The van der Waals surface area contributed by atoms with Crippen molar-refractivity contribution >= 4 is 11.6 Å². The number of amides is 1. The number of para-hydroxylation sites is 1. The van der Waals surface area contributed by atoms with Crippen molar-refractivity contribution in [2.45, 2.75) is 70.3 Å². The Morgan fingerprint density at radius 3 is 2.27 bits per heavy atom. The summed E-state index contributed by atoms with van der Waals surface area (Å²) in [4.78, 5) is 17.7. The van der Waals surface area contributed by atoms with Gasteiger partial charge in [0.2, 0.25) is 5.91 Å². The highest BCUT2D eigenvalue weighted by atomic mass is 16.2. The van der Waals surface area contributed by atoms with E-state index in [-0.39, 0.29) is 0 Å². The first kappa shape index (κ1) is 18.0. The van der Waals surface area contributed by atoms with Gasteiger partial charge in [-0.15, -0.1) is 0 Å². The summed E-state index contributed by atoms with van der Waals surface area (Å²) < 4.78 is 0. The zero-order chi connectivity index (χ0) is 17.8. The molecule has 26 heavy (non-hydrogen) atoms. The number of benzene rings is 1. The highest BCUT2D eigenvalue weighted by Crippen LogP contribution is 2.35. The maximum Gasteiger partial charge on any atom is 0.230 e. The molecule has 3 nitrogen and oxygen atoms in total. The van der Waals surface area contributed by atoms with Crippen LogP contribution in [-0.4, -0.2) is 36.5 Å². The highest BCUT2D eigenvalue weighted by Gasteiger charge is 2.38. The fourth-order valence-corrected chi connectivity index (χ4v) is 4.88. The quantitative estimate of drug-likeness (QED) is 0.728. The first-order valence-electron chi connectivity index (χ1n) is 10.9. The van der Waals surface area contributed by atoms with Crippen molar-refractivity contribution in [3.8, 4) is 0 Å². The van der Waals surface area contributed by atoms with Crippen LogP contribution in [-0.2, 0) is 4.79 Å². The van der Waals surface area contributed by atoms with Gasteiger partial charge in [-0.2, -0.15) is 0 Å². The lowest BCUT2D eigenvalue weighted by molar-refractivity contribution is -0.120. The molecule has 1 aromatic rings. The predicted octanol–water partition coefficient (Wildman–Crippen LogP) is 4.86. The Morgan fingerprint density at radius 2 is 1.62 bits per heavy atom. The topological polar surface area (TPSA) is 23.6 Å². The van der Waals surface area contributed by atoms with E-state index in [9.17, 15) is 4.79 Å². The van der Waals surface area contributed by atoms with E-state index in [0.29, 0.717) is 17.9 Å². The van der Waals surface area contributed by atoms with Gasteiger partial charge in [-0.1, -0.05) is 50.3 Å². The van der Waals surface area contributed by atoms with Crippen LogP contribution in [0, 0.1) is 11.8 Å². The lowest BCUT2D eigenvalue weighted by Crippen LogP contribution is -2.48. The number of piperidine rings is 1. The van der Waals surface area contributed by atoms with E-state index in [1.165, 1.54) is 45.1 Å². The summed E-state index contributed by atoms with van der Waals surface area (Å²) in [5.74, 6) is 1.63. The first-order valence-corrected chi connectivity index (χ1v) is 10.9. The van der Waals surface area contributed by atoms with Gasteiger partial charge >= 0.3 is 0 Å². The van der Waals surface area contributed by atoms with E-state index in [4.69, 9.17) is 0 Å². The molecule has 0 bridgehead atoms. The molecule has 0 spiro atoms. The van der Waals surface area contributed by atoms with E-state index in [1.807, 2.05) is 6.07 Å². The maximum absolute atomic E-state index is 12.9. The molecule has 0 atom stereocenters. The second kappa shape index (κ2) is 8.56. The van der Waals surface area contributed by atoms with Crippen LogP contribution < -0.4 is 4.90 Å². The molecule has 1 heterocycles. The third-order valence-corrected chi connectivity index (χ3v) is 6.70. The van der Waals surface area contributed by atoms with Crippen LogP contribution >= 0.6 is 0 Å². The number of carbonyl (C=O) groups excluding carboxylic acids is 1. The molecule has 1 aliphatic heterocycles. The van der Waals surface area contributed by atoms with E-state index >= 15 is 0 Å². The van der Waals surface area contributed by atoms with Gasteiger partial charge in [-0.25, -0.2) is 0 Å². The highest BCUT2D eigenvalue weighted by molar-refractivity contribution is 5.97. The molecule has 0 aromatic heterocycles. The average molecular weight is 355 g/mol. The normalized spacial score (nSPS) is 23.1. The molecule has 3 aliphatic rings. The summed E-state index contributed by atoms with van der Waals surface area (Å²) in [6.45, 7) is 3.57. The zero-order valence-corrected chi connectivity index (χ0v) is 16.1. The summed E-state index contributed by atoms with van der Waals surface area (Å²) in [5.41, 5.74) is 1.10. The molecule has 3 fully saturated rings. The Balaban J connectivity index is 1.32. The smallest absolute Gasteiger partial charge is 0.230 e. The lowest BCUT2D eigenvalue weighted by Gasteiger charge is -2.39. The Morgan fingerprint density at radius 1 is 0.923 bits per heavy atom. The van der Waals surface area contributed by atoms with Crippen LogP contribution in [0.3, 0.4) is 0 Å². The first-order chi connectivity index (χ1) is 12.8. The molecule has 1 aromatic carbocycles. The average Bonchev–Trinajstić information content (AvgIpc) is 3.55. The Kier molecular flexibility index (Phi) is 5.94. The van der Waals surface area contributed by atoms with Crippen LogP contribution in [0.4, 0.5) is 5.69 Å². The van der Waals surface area contributed by atoms with Crippen LogP contribution in [0.25, 0.3) is 0 Å². The zero-order valence-electron chi connectivity index (χ0n) is 16.1. The van der Waals surface area contributed by atoms with Crippen molar-refractivity contribution in [1.82, 2.24) is 4.90 Å². The molecule has 3 heteroatoms. The number of carbonyl (C=O) groups is 1. The monoisotopic (exact) mass is 354 g/mol. The molecule has 0 unspecified atom stereocenters. The van der Waals surface area contributed by atoms with E-state index in [1.54, 1.807) is 0 Å². The van der Waals surface area contributed by atoms with E-state index in [2.05, 4.69) is 34.1 Å². The Bertz CT molecular complexity index is 569. The Hall–Kier alpha value is -1.35. The molecular formula is C23H34N2O. The number of hydrogen-bond acceptors (Lipinski definition) is 2. The van der Waals surface area contributed by atoms with Crippen molar-refractivity contribution in [3.63, 3.8) is 0 Å². The van der Waals surface area contributed by atoms with Crippen molar-refractivity contribution < 1.29 is 4.79 Å². The van der Waals surface area contributed by atoms with Gasteiger partial charge in [-0.05, 0) is 56.7 Å². The van der Waals surface area contributed by atoms with Gasteiger partial charge < -0.3 is 9.80 Å². The summed E-state index contributed by atoms with van der Waals surface area (Å²) in [5, 5.41) is 0. The molecule has 1 amide bonds. The summed E-state index contributed by atoms with van der Waals surface area (Å²) in [7, 11) is 0. The minimum Gasteiger partial charge on any atom is -0.309 e. The standard InChI is InChI=1S/C23H34N2O/c26-23(20-11-12-20)25(21-9-5-2-6-10-21)22-14-17-24(18-15-22)16-13-19-7-3-1-4-8-19/h2,5-6,9-10,19-20,22H,1,3-4,7-8,11-18H2. The third kappa shape index (κ3) is 4.49. The van der Waals surface area contributed by atoms with Crippen LogP contribution in [0.15, 0.2) is 30.3 Å². The Labute approximate surface area is 158 Å². The van der Waals surface area contributed by atoms with Gasteiger partial charge in [0.1, 0.15) is 0 Å². The van der Waals surface area contributed by atoms with Crippen molar-refractivity contribution in [1.29, 1.82) is 0 Å². The van der Waals surface area contributed by atoms with Gasteiger partial charge in [0.15, 0.2) is 0 Å². The molecule has 0 radical (unpaired) electrons. The molecule has 2 saturated carbocycles. The number of nitrogens with zero attached hydrogens (tertiary/aromatic N) is 2. The van der Waals surface area contributed by atoms with Gasteiger partial charge in [0, 0.05) is 30.7 Å². The second-order valence-corrected chi connectivity index (χ2v) is 8.68. The molecule has 4 rings (SSSR count). The molecule has 0 N–H and O–H groups in total. The second-order valence-electron chi connectivity index (χ2n) is 8.68. The number of hydrogen-bond donors (Lipinski definition) is 0. The molecule has 2 aliphatic carbocycles. The lowest BCUT2D eigenvalue weighted by atomic mass is 9.87. The van der Waals surface area contributed by atoms with Crippen LogP contribution in [0.1, 0.15) is 64.2 Å². The number of likely N-dealkylation sites (tertiary alicyclic amines) is 1. The number of rotatable bonds is 6. The summed E-state index contributed by atoms with van der Waals surface area (Å²) in [6, 6.07) is 10.8. The number of anilines is 1. The molecule has 1 saturated heterocycles. The fourth-order valence-electron chi connectivity index (χ4n) is 4.88. The van der Waals surface area contributed by atoms with Gasteiger partial charge in [0.25, 0.3) is 0 Å². The molecular weight excluding hydrogens is 320 g/mol. The van der Waals surface area contributed by atoms with E-state index < -0.39 is 0 Å². The van der Waals surface area contributed by atoms with Crippen LogP contribution in [0.2, 0.25) is 0 Å². The third-order valence-electron chi connectivity index (χ3n) is 6.70. The summed E-state index contributed by atoms with van der Waals surface area (Å²) in [6.07, 6.45) is 13.0. The van der Waals surface area contributed by atoms with E-state index in [0.717, 1.165) is 50.4 Å². The predicted molar refractivity (Wildman–Crippen MR) is 107 cm³/mol. The van der Waals surface area contributed by atoms with Crippen LogP contribution in [0.5, 0.6) is 0 Å². The van der Waals surface area contributed by atoms with Crippen molar-refractivity contribution in [3.05, 3.63) is 30.3 Å². The SMILES string of the molecule is O=C(C1CC1)N(c1ccccc1)C1CCN(CCC2CCCCC2)CC1. The van der Waals surface area contributed by atoms with Crippen molar-refractivity contribution in [2.75, 3.05) is 24.5 Å². The minimum atomic E-state index is 0.291. The van der Waals surface area contributed by atoms with Gasteiger partial charge in [-0.3, -0.25) is 4.79 Å². The minimum absolute atomic E-state index is 0.291. The maximum atomic E-state index is 12.9. The van der Waals surface area contributed by atoms with Gasteiger partial charge in [0.05, 0.1) is 0 Å². The fraction of sp³-hybridized carbons (Fsp3) is 0.696. The summed E-state index contributed by atoms with van der Waals surface area (Å²) >= 11 is 0. The van der Waals surface area contributed by atoms with Crippen molar-refractivity contribution in [2.24, 2.45) is 11.8 Å².